The summed E-state index contributed by atoms with van der Waals surface area (Å²) in [6.07, 6.45) is 0.685. The molecule has 20 heavy (non-hydrogen) atoms. The number of aromatic hydroxyl groups is 2. The molecule has 0 aromatic heterocycles. The fourth-order valence-corrected chi connectivity index (χ4v) is 2.23. The van der Waals surface area contributed by atoms with Crippen molar-refractivity contribution in [3.05, 3.63) is 53.6 Å². The van der Waals surface area contributed by atoms with Gasteiger partial charge in [-0.2, -0.15) is 5.48 Å². The third-order valence-corrected chi connectivity index (χ3v) is 3.46. The molecule has 2 rings (SSSR count). The molecular weight excluding hydrogens is 322 g/mol. The van der Waals surface area contributed by atoms with Crippen molar-refractivity contribution in [2.45, 2.75) is 11.8 Å². The third-order valence-electron chi connectivity index (χ3n) is 2.85. The van der Waals surface area contributed by atoms with Gasteiger partial charge < -0.3 is 15.1 Å². The lowest BCUT2D eigenvalue weighted by molar-refractivity contribution is 0.196. The molecule has 5 heteroatoms. The van der Waals surface area contributed by atoms with Crippen LogP contribution >= 0.6 is 15.9 Å². The van der Waals surface area contributed by atoms with Gasteiger partial charge in [0.1, 0.15) is 0 Å². The maximum Gasteiger partial charge on any atom is 0.157 e. The minimum Gasteiger partial charge on any atom is -0.504 e. The number of hydrogen-bond acceptors (Lipinski definition) is 4. The Bertz CT molecular complexity index is 575. The van der Waals surface area contributed by atoms with Crippen molar-refractivity contribution in [1.82, 2.24) is 5.48 Å². The summed E-state index contributed by atoms with van der Waals surface area (Å²) in [5.41, 5.74) is 4.89. The van der Waals surface area contributed by atoms with Crippen molar-refractivity contribution in [3.8, 4) is 17.2 Å². The molecule has 106 valence electrons. The van der Waals surface area contributed by atoms with Crippen LogP contribution in [0.4, 0.5) is 0 Å². The van der Waals surface area contributed by atoms with E-state index in [1.54, 1.807) is 12.1 Å². The fraction of sp³-hybridized carbons (Fsp3) is 0.200. The van der Waals surface area contributed by atoms with E-state index < -0.39 is 0 Å². The van der Waals surface area contributed by atoms with Gasteiger partial charge in [-0.25, -0.2) is 0 Å². The second-order valence-electron chi connectivity index (χ2n) is 4.31. The molecule has 0 radical (unpaired) electrons. The Labute approximate surface area is 126 Å². The molecular formula is C15H16BrNO3. The zero-order valence-electron chi connectivity index (χ0n) is 10.8. The molecule has 0 heterocycles. The normalized spacial score (nSPS) is 10.4. The Morgan fingerprint density at radius 1 is 1.05 bits per heavy atom. The Morgan fingerprint density at radius 2 is 1.85 bits per heavy atom. The van der Waals surface area contributed by atoms with Gasteiger partial charge in [-0.05, 0) is 30.2 Å². The van der Waals surface area contributed by atoms with E-state index in [0.717, 1.165) is 22.2 Å². The average Bonchev–Trinajstić information content (AvgIpc) is 2.47. The number of hydrogen-bond donors (Lipinski definition) is 3. The largest absolute Gasteiger partial charge is 0.504 e. The topological polar surface area (TPSA) is 61.7 Å². The van der Waals surface area contributed by atoms with Crippen LogP contribution in [-0.4, -0.2) is 16.8 Å². The van der Waals surface area contributed by atoms with Crippen LogP contribution < -0.4 is 10.3 Å². The van der Waals surface area contributed by atoms with Gasteiger partial charge >= 0.3 is 0 Å². The summed E-state index contributed by atoms with van der Waals surface area (Å²) < 4.78 is 0. The van der Waals surface area contributed by atoms with Crippen molar-refractivity contribution in [3.63, 3.8) is 0 Å². The lowest BCUT2D eigenvalue weighted by atomic mass is 10.1. The molecule has 0 atom stereocenters. The second kappa shape index (κ2) is 7.17. The summed E-state index contributed by atoms with van der Waals surface area (Å²) in [7, 11) is 0. The van der Waals surface area contributed by atoms with Crippen LogP contribution in [0, 0.1) is 0 Å². The molecule has 0 unspecified atom stereocenters. The molecule has 0 fully saturated rings. The molecule has 0 aliphatic carbocycles. The number of benzene rings is 2. The molecule has 0 aliphatic rings. The molecule has 4 nitrogen and oxygen atoms in total. The molecule has 0 saturated carbocycles. The van der Waals surface area contributed by atoms with Gasteiger partial charge in [-0.1, -0.05) is 40.2 Å². The Kier molecular flexibility index (Phi) is 5.26. The lowest BCUT2D eigenvalue weighted by Gasteiger charge is -2.10. The van der Waals surface area contributed by atoms with Crippen LogP contribution in [0.2, 0.25) is 0 Å². The van der Waals surface area contributed by atoms with E-state index >= 15 is 0 Å². The highest BCUT2D eigenvalue weighted by Crippen LogP contribution is 2.25. The average molecular weight is 338 g/mol. The minimum absolute atomic E-state index is 0.104. The molecule has 0 amide bonds. The van der Waals surface area contributed by atoms with Crippen LogP contribution in [0.15, 0.2) is 42.5 Å². The Morgan fingerprint density at radius 3 is 2.60 bits per heavy atom. The van der Waals surface area contributed by atoms with Gasteiger partial charge in [0.2, 0.25) is 0 Å². The quantitative estimate of drug-likeness (QED) is 0.328. The lowest BCUT2D eigenvalue weighted by Crippen LogP contribution is -2.21. The van der Waals surface area contributed by atoms with Crippen molar-refractivity contribution in [2.75, 3.05) is 6.54 Å². The van der Waals surface area contributed by atoms with E-state index in [2.05, 4.69) is 21.4 Å². The minimum atomic E-state index is -0.107. The molecule has 0 aliphatic heterocycles. The van der Waals surface area contributed by atoms with Crippen LogP contribution in [0.1, 0.15) is 11.1 Å². The van der Waals surface area contributed by atoms with Gasteiger partial charge in [-0.15, -0.1) is 0 Å². The van der Waals surface area contributed by atoms with Gasteiger partial charge in [0, 0.05) is 17.4 Å². The number of alkyl halides is 1. The highest BCUT2D eigenvalue weighted by atomic mass is 79.9. The number of phenolic OH excluding ortho intramolecular Hbond substituents is 2. The van der Waals surface area contributed by atoms with E-state index in [1.165, 1.54) is 6.07 Å². The second-order valence-corrected chi connectivity index (χ2v) is 4.87. The predicted molar refractivity (Wildman–Crippen MR) is 81.2 cm³/mol. The van der Waals surface area contributed by atoms with Crippen molar-refractivity contribution < 1.29 is 15.1 Å². The SMILES string of the molecule is Oc1ccc(CCNOc2ccccc2CBr)cc1O. The predicted octanol–water partition coefficient (Wildman–Crippen LogP) is 3.12. The molecule has 0 bridgehead atoms. The Balaban J connectivity index is 1.83. The summed E-state index contributed by atoms with van der Waals surface area (Å²) in [6.45, 7) is 0.598. The summed E-state index contributed by atoms with van der Waals surface area (Å²) in [5.74, 6) is 0.579. The summed E-state index contributed by atoms with van der Waals surface area (Å²) in [6, 6.07) is 12.6. The molecule has 0 saturated heterocycles. The molecule has 0 spiro atoms. The van der Waals surface area contributed by atoms with Gasteiger partial charge in [0.15, 0.2) is 17.2 Å². The first-order valence-electron chi connectivity index (χ1n) is 6.25. The first-order chi connectivity index (χ1) is 9.70. The van der Waals surface area contributed by atoms with Gasteiger partial charge in [0.25, 0.3) is 0 Å². The highest BCUT2D eigenvalue weighted by Gasteiger charge is 2.03. The van der Waals surface area contributed by atoms with Crippen molar-refractivity contribution in [2.24, 2.45) is 0 Å². The summed E-state index contributed by atoms with van der Waals surface area (Å²) >= 11 is 3.41. The summed E-state index contributed by atoms with van der Waals surface area (Å²) in [5, 5.41) is 19.4. The molecule has 2 aromatic carbocycles. The standard InChI is InChI=1S/C15H16BrNO3/c16-10-12-3-1-2-4-15(12)20-17-8-7-11-5-6-13(18)14(19)9-11/h1-6,9,17-19H,7-8,10H2. The van der Waals surface area contributed by atoms with Gasteiger partial charge in [0.05, 0.1) is 0 Å². The molecule has 3 N–H and O–H groups in total. The monoisotopic (exact) mass is 337 g/mol. The first-order valence-corrected chi connectivity index (χ1v) is 7.37. The number of phenols is 2. The number of hydroxylamine groups is 1. The molecule has 2 aromatic rings. The van der Waals surface area contributed by atoms with Crippen LogP contribution in [0.3, 0.4) is 0 Å². The summed E-state index contributed by atoms with van der Waals surface area (Å²) in [4.78, 5) is 5.51. The third kappa shape index (κ3) is 3.88. The fourth-order valence-electron chi connectivity index (χ4n) is 1.76. The number of rotatable bonds is 6. The zero-order chi connectivity index (χ0) is 14.4. The number of nitrogens with one attached hydrogen (secondary N) is 1. The number of halogens is 1. The van der Waals surface area contributed by atoms with E-state index in [0.29, 0.717) is 13.0 Å². The van der Waals surface area contributed by atoms with E-state index in [1.807, 2.05) is 24.3 Å². The maximum atomic E-state index is 9.40. The smallest absolute Gasteiger partial charge is 0.157 e. The van der Waals surface area contributed by atoms with Crippen molar-refractivity contribution >= 4 is 15.9 Å². The van der Waals surface area contributed by atoms with Crippen molar-refractivity contribution in [1.29, 1.82) is 0 Å². The van der Waals surface area contributed by atoms with Crippen LogP contribution in [0.25, 0.3) is 0 Å². The van der Waals surface area contributed by atoms with E-state index in [4.69, 9.17) is 4.84 Å². The van der Waals surface area contributed by atoms with Crippen LogP contribution in [-0.2, 0) is 11.8 Å². The van der Waals surface area contributed by atoms with E-state index in [-0.39, 0.29) is 11.5 Å². The van der Waals surface area contributed by atoms with Crippen LogP contribution in [0.5, 0.6) is 17.2 Å². The maximum absolute atomic E-state index is 9.40. The zero-order valence-corrected chi connectivity index (χ0v) is 12.4. The van der Waals surface area contributed by atoms with Gasteiger partial charge in [-0.3, -0.25) is 0 Å². The highest BCUT2D eigenvalue weighted by molar-refractivity contribution is 9.08. The Hall–Kier alpha value is -1.72. The first kappa shape index (κ1) is 14.7. The van der Waals surface area contributed by atoms with E-state index in [9.17, 15) is 10.2 Å². The number of para-hydroxylation sites is 1.